The molecule has 0 heterocycles. The number of aryl methyl sites for hydroxylation is 4. The molecule has 4 aliphatic carbocycles. The van der Waals surface area contributed by atoms with Gasteiger partial charge in [0.05, 0.1) is 0 Å². The van der Waals surface area contributed by atoms with E-state index in [2.05, 4.69) is 81.6 Å². The summed E-state index contributed by atoms with van der Waals surface area (Å²) in [6.45, 7) is 0. The zero-order chi connectivity index (χ0) is 12.5. The monoisotopic (exact) mass is 460 g/mol. The minimum Gasteiger partial charge on any atom is -0.0587 e. The van der Waals surface area contributed by atoms with Gasteiger partial charge in [0.15, 0.2) is 0 Å². The van der Waals surface area contributed by atoms with Gasteiger partial charge in [-0.1, -0.05) is 24.3 Å². The Morgan fingerprint density at radius 2 is 1.06 bits per heavy atom. The van der Waals surface area contributed by atoms with E-state index >= 15 is 0 Å². The van der Waals surface area contributed by atoms with Crippen molar-refractivity contribution in [3.63, 3.8) is 0 Å². The maximum absolute atomic E-state index is 2.48. The Kier molecular flexibility index (Phi) is 3.94. The highest BCUT2D eigenvalue weighted by atomic mass is 127. The lowest BCUT2D eigenvalue weighted by Crippen LogP contribution is -2.01. The van der Waals surface area contributed by atoms with E-state index in [9.17, 15) is 0 Å². The number of rotatable bonds is 0. The summed E-state index contributed by atoms with van der Waals surface area (Å²) in [5.41, 5.74) is 5.89. The molecule has 4 bridgehead atoms. The highest BCUT2D eigenvalue weighted by Crippen LogP contribution is 2.23. The Morgan fingerprint density at radius 1 is 0.611 bits per heavy atom. The van der Waals surface area contributed by atoms with Gasteiger partial charge in [0, 0.05) is 7.14 Å². The standard InChI is InChI=1S/C16H14I2/c17-15-9-11-1-5-13(15)8-4-12-2-6-14(7-3-11)16(18)10-12/h1-2,5-6,9-10H,3-4,7-8H2. The van der Waals surface area contributed by atoms with Crippen molar-refractivity contribution in [2.24, 2.45) is 0 Å². The summed E-state index contributed by atoms with van der Waals surface area (Å²) in [7, 11) is 0. The van der Waals surface area contributed by atoms with Crippen LogP contribution in [0, 0.1) is 7.14 Å². The molecule has 18 heavy (non-hydrogen) atoms. The predicted molar refractivity (Wildman–Crippen MR) is 93.1 cm³/mol. The van der Waals surface area contributed by atoms with Gasteiger partial charge < -0.3 is 0 Å². The third-order valence-corrected chi connectivity index (χ3v) is 5.61. The lowest BCUT2D eigenvalue weighted by atomic mass is 9.97. The molecule has 0 saturated heterocycles. The molecule has 0 atom stereocenters. The summed E-state index contributed by atoms with van der Waals surface area (Å²) in [6.07, 6.45) is 4.58. The minimum atomic E-state index is 1.14. The summed E-state index contributed by atoms with van der Waals surface area (Å²) in [5, 5.41) is 0. The molecule has 0 amide bonds. The van der Waals surface area contributed by atoms with E-state index in [0.717, 1.165) is 25.7 Å². The van der Waals surface area contributed by atoms with E-state index in [1.165, 1.54) is 29.4 Å². The van der Waals surface area contributed by atoms with Crippen molar-refractivity contribution < 1.29 is 0 Å². The first-order valence-electron chi connectivity index (χ1n) is 6.27. The normalized spacial score (nSPS) is 14.3. The van der Waals surface area contributed by atoms with Crippen molar-refractivity contribution in [2.75, 3.05) is 0 Å². The zero-order valence-corrected chi connectivity index (χ0v) is 14.4. The van der Waals surface area contributed by atoms with E-state index in [4.69, 9.17) is 0 Å². The first-order valence-corrected chi connectivity index (χ1v) is 8.43. The average molecular weight is 460 g/mol. The third-order valence-electron chi connectivity index (χ3n) is 3.60. The molecule has 0 N–H and O–H groups in total. The van der Waals surface area contributed by atoms with Gasteiger partial charge in [-0.3, -0.25) is 0 Å². The van der Waals surface area contributed by atoms with Crippen LogP contribution in [0.2, 0.25) is 0 Å². The molecule has 0 unspecified atom stereocenters. The van der Waals surface area contributed by atoms with Gasteiger partial charge >= 0.3 is 0 Å². The zero-order valence-electron chi connectivity index (χ0n) is 10.0. The van der Waals surface area contributed by atoms with E-state index in [-0.39, 0.29) is 0 Å². The molecule has 2 aromatic carbocycles. The fourth-order valence-corrected chi connectivity index (χ4v) is 4.16. The molecule has 0 aromatic heterocycles. The highest BCUT2D eigenvalue weighted by Gasteiger charge is 2.08. The van der Waals surface area contributed by atoms with Crippen LogP contribution < -0.4 is 0 Å². The number of benzene rings is 2. The van der Waals surface area contributed by atoms with Crippen LogP contribution in [0.25, 0.3) is 0 Å². The Balaban J connectivity index is 2.03. The van der Waals surface area contributed by atoms with Gasteiger partial charge in [-0.2, -0.15) is 0 Å². The number of hydrogen-bond donors (Lipinski definition) is 0. The fourth-order valence-electron chi connectivity index (χ4n) is 2.46. The van der Waals surface area contributed by atoms with Gasteiger partial charge in [-0.15, -0.1) is 0 Å². The predicted octanol–water partition coefficient (Wildman–Crippen LogP) is 4.78. The van der Waals surface area contributed by atoms with Gasteiger partial charge in [0.2, 0.25) is 0 Å². The molecule has 2 heteroatoms. The lowest BCUT2D eigenvalue weighted by Gasteiger charge is -2.12. The number of hydrogen-bond acceptors (Lipinski definition) is 0. The van der Waals surface area contributed by atoms with Crippen LogP contribution in [0.1, 0.15) is 22.3 Å². The van der Waals surface area contributed by atoms with Crippen molar-refractivity contribution in [1.82, 2.24) is 0 Å². The fraction of sp³-hybridized carbons (Fsp3) is 0.250. The second-order valence-corrected chi connectivity index (χ2v) is 7.18. The Labute approximate surface area is 135 Å². The second-order valence-electron chi connectivity index (χ2n) is 4.85. The SMILES string of the molecule is Ic1cc2ccc1CCc1ccc(c(I)c1)CC2. The van der Waals surface area contributed by atoms with Crippen LogP contribution in [0.4, 0.5) is 0 Å². The Hall–Kier alpha value is -0.100. The van der Waals surface area contributed by atoms with Crippen molar-refractivity contribution in [3.05, 3.63) is 65.8 Å². The Morgan fingerprint density at radius 3 is 1.44 bits per heavy atom. The summed E-state index contributed by atoms with van der Waals surface area (Å²) < 4.78 is 2.85. The molecule has 0 fully saturated rings. The van der Waals surface area contributed by atoms with E-state index in [0.29, 0.717) is 0 Å². The average Bonchev–Trinajstić information content (AvgIpc) is 2.34. The molecule has 6 rings (SSSR count). The van der Waals surface area contributed by atoms with Crippen LogP contribution >= 0.6 is 45.2 Å². The lowest BCUT2D eigenvalue weighted by molar-refractivity contribution is 0.911. The van der Waals surface area contributed by atoms with E-state index in [1.807, 2.05) is 0 Å². The highest BCUT2D eigenvalue weighted by molar-refractivity contribution is 14.1. The molecule has 0 aliphatic heterocycles. The van der Waals surface area contributed by atoms with Gasteiger partial charge in [0.25, 0.3) is 0 Å². The van der Waals surface area contributed by atoms with Gasteiger partial charge in [-0.25, -0.2) is 0 Å². The van der Waals surface area contributed by atoms with Crippen LogP contribution in [-0.4, -0.2) is 0 Å². The topological polar surface area (TPSA) is 0 Å². The second kappa shape index (κ2) is 5.49. The molecular formula is C16H14I2. The summed E-state index contributed by atoms with van der Waals surface area (Å²) in [5.74, 6) is 0. The largest absolute Gasteiger partial charge is 0.0587 e. The molecule has 0 radical (unpaired) electrons. The van der Waals surface area contributed by atoms with Crippen molar-refractivity contribution in [2.45, 2.75) is 25.7 Å². The quantitative estimate of drug-likeness (QED) is 0.497. The van der Waals surface area contributed by atoms with Crippen LogP contribution in [0.15, 0.2) is 36.4 Å². The number of halogens is 2. The Bertz CT molecular complexity index is 534. The van der Waals surface area contributed by atoms with Crippen molar-refractivity contribution in [1.29, 1.82) is 0 Å². The molecule has 0 saturated carbocycles. The first-order chi connectivity index (χ1) is 8.72. The van der Waals surface area contributed by atoms with E-state index < -0.39 is 0 Å². The summed E-state index contributed by atoms with van der Waals surface area (Å²) in [6, 6.07) is 14.0. The summed E-state index contributed by atoms with van der Waals surface area (Å²) in [4.78, 5) is 0. The molecule has 92 valence electrons. The van der Waals surface area contributed by atoms with Crippen LogP contribution in [-0.2, 0) is 25.7 Å². The maximum atomic E-state index is 2.48. The van der Waals surface area contributed by atoms with Crippen molar-refractivity contribution >= 4 is 45.2 Å². The molecule has 0 nitrogen and oxygen atoms in total. The molecular weight excluding hydrogens is 446 g/mol. The van der Waals surface area contributed by atoms with Crippen molar-refractivity contribution in [3.8, 4) is 0 Å². The van der Waals surface area contributed by atoms with Gasteiger partial charge in [0.1, 0.15) is 0 Å². The first kappa shape index (κ1) is 12.9. The maximum Gasteiger partial charge on any atom is 0.0165 e. The third kappa shape index (κ3) is 2.74. The van der Waals surface area contributed by atoms with Gasteiger partial charge in [-0.05, 0) is 105 Å². The summed E-state index contributed by atoms with van der Waals surface area (Å²) >= 11 is 4.96. The minimum absolute atomic E-state index is 1.14. The molecule has 2 aromatic rings. The van der Waals surface area contributed by atoms with E-state index in [1.54, 1.807) is 0 Å². The molecule has 0 spiro atoms. The molecule has 4 aliphatic rings. The smallest absolute Gasteiger partial charge is 0.0165 e. The van der Waals surface area contributed by atoms with Crippen LogP contribution in [0.3, 0.4) is 0 Å². The van der Waals surface area contributed by atoms with Crippen LogP contribution in [0.5, 0.6) is 0 Å².